The monoisotopic (exact) mass is 130 g/mol. The Morgan fingerprint density at radius 2 is 2.44 bits per heavy atom. The molecule has 0 aromatic carbocycles. The van der Waals surface area contributed by atoms with Crippen LogP contribution in [0.3, 0.4) is 0 Å². The Morgan fingerprint density at radius 1 is 1.67 bits per heavy atom. The minimum Gasteiger partial charge on any atom is -0.305 e. The first-order valence-corrected chi connectivity index (χ1v) is 2.65. The minimum absolute atomic E-state index is 0.193. The second-order valence-corrected chi connectivity index (χ2v) is 1.71. The van der Waals surface area contributed by atoms with Crippen molar-refractivity contribution in [1.82, 2.24) is 10.2 Å². The Balaban J connectivity index is 2.81. The molecular formula is C5H7FN2O. The van der Waals surface area contributed by atoms with Crippen LogP contribution in [0.25, 0.3) is 0 Å². The molecule has 4 heteroatoms. The highest BCUT2D eigenvalue weighted by Gasteiger charge is 1.96. The van der Waals surface area contributed by atoms with Crippen LogP contribution in [0.4, 0.5) is 4.39 Å². The Kier molecular flexibility index (Phi) is 1.67. The molecule has 0 saturated carbocycles. The molecule has 1 heterocycles. The van der Waals surface area contributed by atoms with E-state index in [4.69, 9.17) is 0 Å². The molecule has 0 spiro atoms. The van der Waals surface area contributed by atoms with Gasteiger partial charge in [-0.15, -0.1) is 0 Å². The van der Waals surface area contributed by atoms with E-state index >= 15 is 0 Å². The van der Waals surface area contributed by atoms with Crippen LogP contribution in [-0.4, -0.2) is 16.9 Å². The van der Waals surface area contributed by atoms with E-state index in [1.807, 2.05) is 0 Å². The molecule has 0 aliphatic rings. The van der Waals surface area contributed by atoms with Gasteiger partial charge in [-0.3, -0.25) is 14.3 Å². The number of alkyl halides is 1. The molecule has 1 aromatic rings. The Morgan fingerprint density at radius 3 is 2.89 bits per heavy atom. The molecule has 0 bridgehead atoms. The number of aryl methyl sites for hydroxylation is 1. The summed E-state index contributed by atoms with van der Waals surface area (Å²) < 4.78 is 11.6. The first-order valence-electron chi connectivity index (χ1n) is 2.65. The highest BCUT2D eigenvalue weighted by atomic mass is 19.1. The second kappa shape index (κ2) is 2.48. The molecule has 0 atom stereocenters. The van der Waals surface area contributed by atoms with Gasteiger partial charge >= 0.3 is 0 Å². The first kappa shape index (κ1) is 6.07. The van der Waals surface area contributed by atoms with Gasteiger partial charge in [0.1, 0.15) is 0 Å². The summed E-state index contributed by atoms with van der Waals surface area (Å²) in [6.07, 6.45) is 1.67. The molecule has 50 valence electrons. The first-order chi connectivity index (χ1) is 4.34. The van der Waals surface area contributed by atoms with Gasteiger partial charge in [-0.25, -0.2) is 0 Å². The SMILES string of the molecule is O=c1[nH][nH]cc1CCF. The van der Waals surface area contributed by atoms with Crippen molar-refractivity contribution in [2.24, 2.45) is 0 Å². The van der Waals surface area contributed by atoms with Crippen LogP contribution >= 0.6 is 0 Å². The summed E-state index contributed by atoms with van der Waals surface area (Å²) in [5.74, 6) is 0. The molecule has 0 amide bonds. The predicted octanol–water partition coefficient (Wildman–Crippen LogP) is 0.215. The lowest BCUT2D eigenvalue weighted by Crippen LogP contribution is -2.05. The predicted molar refractivity (Wildman–Crippen MR) is 31.1 cm³/mol. The van der Waals surface area contributed by atoms with Crippen molar-refractivity contribution in [2.75, 3.05) is 6.67 Å². The molecule has 0 saturated heterocycles. The van der Waals surface area contributed by atoms with Crippen molar-refractivity contribution < 1.29 is 4.39 Å². The van der Waals surface area contributed by atoms with Crippen LogP contribution in [0.5, 0.6) is 0 Å². The van der Waals surface area contributed by atoms with E-state index in [1.54, 1.807) is 0 Å². The van der Waals surface area contributed by atoms with Gasteiger partial charge in [0.05, 0.1) is 6.67 Å². The summed E-state index contributed by atoms with van der Waals surface area (Å²) in [5, 5.41) is 4.78. The van der Waals surface area contributed by atoms with Crippen LogP contribution in [0.1, 0.15) is 5.56 Å². The van der Waals surface area contributed by atoms with Gasteiger partial charge in [0.25, 0.3) is 5.56 Å². The average Bonchev–Trinajstić information content (AvgIpc) is 2.18. The minimum atomic E-state index is -0.485. The van der Waals surface area contributed by atoms with Crippen molar-refractivity contribution in [1.29, 1.82) is 0 Å². The lowest BCUT2D eigenvalue weighted by molar-refractivity contribution is 0.494. The zero-order chi connectivity index (χ0) is 6.69. The maximum atomic E-state index is 11.6. The zero-order valence-electron chi connectivity index (χ0n) is 4.78. The third kappa shape index (κ3) is 1.19. The fraction of sp³-hybridized carbons (Fsp3) is 0.400. The van der Waals surface area contributed by atoms with E-state index in [-0.39, 0.29) is 12.0 Å². The standard InChI is InChI=1S/C5H7FN2O/c6-2-1-4-3-7-8-5(4)9/h3H,1-2H2,(H2,7,8,9). The maximum absolute atomic E-state index is 11.6. The molecule has 2 N–H and O–H groups in total. The lowest BCUT2D eigenvalue weighted by atomic mass is 10.3. The van der Waals surface area contributed by atoms with Gasteiger partial charge in [-0.2, -0.15) is 0 Å². The summed E-state index contributed by atoms with van der Waals surface area (Å²) in [7, 11) is 0. The molecule has 0 fully saturated rings. The topological polar surface area (TPSA) is 48.6 Å². The van der Waals surface area contributed by atoms with Gasteiger partial charge < -0.3 is 5.10 Å². The number of aromatic amines is 2. The summed E-state index contributed by atoms with van der Waals surface area (Å²) >= 11 is 0. The van der Waals surface area contributed by atoms with E-state index in [0.717, 1.165) is 0 Å². The third-order valence-corrected chi connectivity index (χ3v) is 1.09. The van der Waals surface area contributed by atoms with Gasteiger partial charge in [0.2, 0.25) is 0 Å². The highest BCUT2D eigenvalue weighted by Crippen LogP contribution is 1.87. The summed E-state index contributed by atoms with van der Waals surface area (Å²) in [6, 6.07) is 0. The molecule has 0 unspecified atom stereocenters. The van der Waals surface area contributed by atoms with E-state index < -0.39 is 6.67 Å². The molecule has 1 rings (SSSR count). The van der Waals surface area contributed by atoms with Crippen LogP contribution in [0.15, 0.2) is 11.0 Å². The molecular weight excluding hydrogens is 123 g/mol. The van der Waals surface area contributed by atoms with Crippen LogP contribution in [0, 0.1) is 0 Å². The van der Waals surface area contributed by atoms with Crippen molar-refractivity contribution in [3.8, 4) is 0 Å². The van der Waals surface area contributed by atoms with Gasteiger partial charge in [-0.05, 0) is 0 Å². The number of hydrogen-bond donors (Lipinski definition) is 2. The summed E-state index contributed by atoms with van der Waals surface area (Å²) in [6.45, 7) is -0.485. The molecule has 0 aliphatic heterocycles. The zero-order valence-corrected chi connectivity index (χ0v) is 4.78. The Labute approximate surface area is 50.9 Å². The van der Waals surface area contributed by atoms with E-state index in [1.165, 1.54) is 6.20 Å². The van der Waals surface area contributed by atoms with E-state index in [2.05, 4.69) is 10.2 Å². The van der Waals surface area contributed by atoms with Gasteiger partial charge in [-0.1, -0.05) is 0 Å². The number of rotatable bonds is 2. The number of halogens is 1. The molecule has 9 heavy (non-hydrogen) atoms. The Hall–Kier alpha value is -1.06. The van der Waals surface area contributed by atoms with Crippen molar-refractivity contribution >= 4 is 0 Å². The van der Waals surface area contributed by atoms with Crippen molar-refractivity contribution in [3.63, 3.8) is 0 Å². The highest BCUT2D eigenvalue weighted by molar-refractivity contribution is 5.02. The maximum Gasteiger partial charge on any atom is 0.267 e. The largest absolute Gasteiger partial charge is 0.305 e. The van der Waals surface area contributed by atoms with Gasteiger partial charge in [0.15, 0.2) is 0 Å². The number of H-pyrrole nitrogens is 2. The summed E-state index contributed by atoms with van der Waals surface area (Å²) in [5.41, 5.74) is 0.241. The van der Waals surface area contributed by atoms with E-state index in [0.29, 0.717) is 5.56 Å². The smallest absolute Gasteiger partial charge is 0.267 e. The van der Waals surface area contributed by atoms with Crippen LogP contribution < -0.4 is 5.56 Å². The van der Waals surface area contributed by atoms with Crippen LogP contribution in [0.2, 0.25) is 0 Å². The summed E-state index contributed by atoms with van der Waals surface area (Å²) in [4.78, 5) is 10.6. The van der Waals surface area contributed by atoms with Crippen molar-refractivity contribution in [2.45, 2.75) is 6.42 Å². The van der Waals surface area contributed by atoms with E-state index in [9.17, 15) is 9.18 Å². The number of aromatic nitrogens is 2. The fourth-order valence-corrected chi connectivity index (χ4v) is 0.622. The number of nitrogens with one attached hydrogen (secondary N) is 2. The third-order valence-electron chi connectivity index (χ3n) is 1.09. The second-order valence-electron chi connectivity index (χ2n) is 1.71. The normalized spacial score (nSPS) is 9.89. The molecule has 0 aliphatic carbocycles. The van der Waals surface area contributed by atoms with Crippen molar-refractivity contribution in [3.05, 3.63) is 22.1 Å². The molecule has 1 aromatic heterocycles. The molecule has 0 radical (unpaired) electrons. The fourth-order valence-electron chi connectivity index (χ4n) is 0.622. The van der Waals surface area contributed by atoms with Crippen LogP contribution in [-0.2, 0) is 6.42 Å². The van der Waals surface area contributed by atoms with Gasteiger partial charge in [0, 0.05) is 18.2 Å². The Bertz CT molecular complexity index is 227. The average molecular weight is 130 g/mol. The number of hydrogen-bond acceptors (Lipinski definition) is 1. The lowest BCUT2D eigenvalue weighted by Gasteiger charge is -1.81. The quantitative estimate of drug-likeness (QED) is 0.591. The molecule has 3 nitrogen and oxygen atoms in total.